The number of aliphatic hydroxyl groups is 1. The number of hydrogen-bond acceptors (Lipinski definition) is 3. The number of nitrogens with two attached hydrogens (primary N) is 1. The van der Waals surface area contributed by atoms with Gasteiger partial charge in [0.1, 0.15) is 11.9 Å². The van der Waals surface area contributed by atoms with E-state index in [1.807, 2.05) is 42.5 Å². The van der Waals surface area contributed by atoms with Crippen molar-refractivity contribution in [2.75, 3.05) is 13.2 Å². The molecule has 0 saturated carbocycles. The molecule has 1 unspecified atom stereocenters. The van der Waals surface area contributed by atoms with Crippen LogP contribution in [0.4, 0.5) is 0 Å². The van der Waals surface area contributed by atoms with E-state index in [1.54, 1.807) is 0 Å². The maximum absolute atomic E-state index is 8.90. The molecule has 0 fully saturated rings. The quantitative estimate of drug-likeness (QED) is 0.849. The predicted molar refractivity (Wildman–Crippen MR) is 80.8 cm³/mol. The maximum atomic E-state index is 8.90. The molecule has 106 valence electrons. The molecule has 0 aliphatic rings. The summed E-state index contributed by atoms with van der Waals surface area (Å²) in [5.41, 5.74) is 9.24. The lowest BCUT2D eigenvalue weighted by Crippen LogP contribution is -2.19. The lowest BCUT2D eigenvalue weighted by atomic mass is 10.0. The monoisotopic (exact) mass is 271 g/mol. The van der Waals surface area contributed by atoms with Crippen molar-refractivity contribution in [3.63, 3.8) is 0 Å². The Labute approximate surface area is 120 Å². The molecule has 1 atom stereocenters. The number of ether oxygens (including phenoxy) is 1. The first kappa shape index (κ1) is 14.6. The second-order valence-electron chi connectivity index (χ2n) is 4.82. The first-order valence-electron chi connectivity index (χ1n) is 6.86. The first-order valence-corrected chi connectivity index (χ1v) is 6.86. The summed E-state index contributed by atoms with van der Waals surface area (Å²) in [7, 11) is 0. The summed E-state index contributed by atoms with van der Waals surface area (Å²) in [5, 5.41) is 8.90. The highest BCUT2D eigenvalue weighted by molar-refractivity contribution is 5.31. The molecule has 0 radical (unpaired) electrons. The van der Waals surface area contributed by atoms with Gasteiger partial charge >= 0.3 is 0 Å². The third-order valence-electron chi connectivity index (χ3n) is 3.35. The molecule has 0 amide bonds. The molecule has 0 spiro atoms. The zero-order valence-electron chi connectivity index (χ0n) is 11.8. The Morgan fingerprint density at radius 3 is 2.40 bits per heavy atom. The van der Waals surface area contributed by atoms with Gasteiger partial charge < -0.3 is 15.6 Å². The average molecular weight is 271 g/mol. The van der Waals surface area contributed by atoms with Gasteiger partial charge in [-0.2, -0.15) is 0 Å². The third kappa shape index (κ3) is 3.59. The smallest absolute Gasteiger partial charge is 0.136 e. The minimum Gasteiger partial charge on any atom is -0.484 e. The molecule has 0 aliphatic carbocycles. The van der Waals surface area contributed by atoms with E-state index < -0.39 is 0 Å². The van der Waals surface area contributed by atoms with Crippen molar-refractivity contribution in [2.45, 2.75) is 19.4 Å². The van der Waals surface area contributed by atoms with Gasteiger partial charge in [0.05, 0.1) is 0 Å². The van der Waals surface area contributed by atoms with Crippen LogP contribution >= 0.6 is 0 Å². The second kappa shape index (κ2) is 7.08. The van der Waals surface area contributed by atoms with Crippen molar-refractivity contribution < 1.29 is 9.84 Å². The molecule has 0 saturated heterocycles. The SMILES string of the molecule is Cc1ccccc1C(CN)Oc1ccc(CCO)cc1. The number of aryl methyl sites for hydroxylation is 1. The van der Waals surface area contributed by atoms with E-state index in [4.69, 9.17) is 15.6 Å². The lowest BCUT2D eigenvalue weighted by Gasteiger charge is -2.19. The van der Waals surface area contributed by atoms with Crippen LogP contribution in [-0.4, -0.2) is 18.3 Å². The van der Waals surface area contributed by atoms with Gasteiger partial charge in [-0.15, -0.1) is 0 Å². The average Bonchev–Trinajstić information content (AvgIpc) is 2.48. The summed E-state index contributed by atoms with van der Waals surface area (Å²) in [6, 6.07) is 15.9. The fraction of sp³-hybridized carbons (Fsp3) is 0.294. The fourth-order valence-electron chi connectivity index (χ4n) is 2.21. The zero-order valence-corrected chi connectivity index (χ0v) is 11.8. The standard InChI is InChI=1S/C17H21NO2/c1-13-4-2-3-5-16(13)17(12-18)20-15-8-6-14(7-9-15)10-11-19/h2-9,17,19H,10-12,18H2,1H3. The first-order chi connectivity index (χ1) is 9.74. The molecular formula is C17H21NO2. The van der Waals surface area contributed by atoms with Gasteiger partial charge in [-0.3, -0.25) is 0 Å². The summed E-state index contributed by atoms with van der Waals surface area (Å²) in [4.78, 5) is 0. The minimum atomic E-state index is -0.139. The van der Waals surface area contributed by atoms with Crippen molar-refractivity contribution in [2.24, 2.45) is 5.73 Å². The van der Waals surface area contributed by atoms with Gasteiger partial charge in [0.25, 0.3) is 0 Å². The van der Waals surface area contributed by atoms with E-state index in [1.165, 1.54) is 5.56 Å². The Balaban J connectivity index is 2.12. The third-order valence-corrected chi connectivity index (χ3v) is 3.35. The molecule has 2 rings (SSSR count). The molecule has 0 aromatic heterocycles. The molecule has 2 aromatic rings. The topological polar surface area (TPSA) is 55.5 Å². The Morgan fingerprint density at radius 2 is 1.80 bits per heavy atom. The summed E-state index contributed by atoms with van der Waals surface area (Å²) >= 11 is 0. The van der Waals surface area contributed by atoms with Gasteiger partial charge in [0.15, 0.2) is 0 Å². The van der Waals surface area contributed by atoms with Crippen LogP contribution in [0.1, 0.15) is 22.8 Å². The van der Waals surface area contributed by atoms with Crippen LogP contribution in [0.5, 0.6) is 5.75 Å². The molecule has 3 heteroatoms. The maximum Gasteiger partial charge on any atom is 0.136 e. The number of rotatable bonds is 6. The van der Waals surface area contributed by atoms with Gasteiger partial charge in [-0.05, 0) is 42.2 Å². The van der Waals surface area contributed by atoms with E-state index in [-0.39, 0.29) is 12.7 Å². The molecular weight excluding hydrogens is 250 g/mol. The molecule has 3 nitrogen and oxygen atoms in total. The van der Waals surface area contributed by atoms with Crippen LogP contribution in [0.25, 0.3) is 0 Å². The zero-order chi connectivity index (χ0) is 14.4. The summed E-state index contributed by atoms with van der Waals surface area (Å²) in [6.07, 6.45) is 0.526. The van der Waals surface area contributed by atoms with Crippen molar-refractivity contribution in [3.8, 4) is 5.75 Å². The van der Waals surface area contributed by atoms with Gasteiger partial charge in [-0.1, -0.05) is 36.4 Å². The Bertz CT molecular complexity index is 537. The predicted octanol–water partition coefficient (Wildman–Crippen LogP) is 2.61. The number of hydrogen-bond donors (Lipinski definition) is 2. The Morgan fingerprint density at radius 1 is 1.10 bits per heavy atom. The molecule has 20 heavy (non-hydrogen) atoms. The highest BCUT2D eigenvalue weighted by Crippen LogP contribution is 2.24. The van der Waals surface area contributed by atoms with E-state index in [2.05, 4.69) is 13.0 Å². The van der Waals surface area contributed by atoms with Crippen LogP contribution in [-0.2, 0) is 6.42 Å². The van der Waals surface area contributed by atoms with Crippen LogP contribution in [0.15, 0.2) is 48.5 Å². The van der Waals surface area contributed by atoms with E-state index in [9.17, 15) is 0 Å². The lowest BCUT2D eigenvalue weighted by molar-refractivity contribution is 0.213. The summed E-state index contributed by atoms with van der Waals surface area (Å²) in [5.74, 6) is 0.797. The largest absolute Gasteiger partial charge is 0.484 e. The fourth-order valence-corrected chi connectivity index (χ4v) is 2.21. The van der Waals surface area contributed by atoms with Gasteiger partial charge in [-0.25, -0.2) is 0 Å². The van der Waals surface area contributed by atoms with E-state index in [0.29, 0.717) is 13.0 Å². The molecule has 0 heterocycles. The van der Waals surface area contributed by atoms with Crippen molar-refractivity contribution in [1.82, 2.24) is 0 Å². The Hall–Kier alpha value is -1.84. The van der Waals surface area contributed by atoms with Gasteiger partial charge in [0, 0.05) is 13.2 Å². The van der Waals surface area contributed by atoms with Crippen LogP contribution < -0.4 is 10.5 Å². The van der Waals surface area contributed by atoms with Crippen LogP contribution in [0.3, 0.4) is 0 Å². The van der Waals surface area contributed by atoms with E-state index in [0.717, 1.165) is 16.9 Å². The number of aliphatic hydroxyl groups excluding tert-OH is 1. The van der Waals surface area contributed by atoms with Crippen LogP contribution in [0, 0.1) is 6.92 Å². The Kier molecular flexibility index (Phi) is 5.16. The summed E-state index contributed by atoms with van der Waals surface area (Å²) < 4.78 is 5.98. The second-order valence-corrected chi connectivity index (χ2v) is 4.82. The highest BCUT2D eigenvalue weighted by Gasteiger charge is 2.13. The summed E-state index contributed by atoms with van der Waals surface area (Å²) in [6.45, 7) is 2.66. The van der Waals surface area contributed by atoms with Crippen molar-refractivity contribution in [1.29, 1.82) is 0 Å². The van der Waals surface area contributed by atoms with Crippen LogP contribution in [0.2, 0.25) is 0 Å². The van der Waals surface area contributed by atoms with Crippen molar-refractivity contribution in [3.05, 3.63) is 65.2 Å². The molecule has 0 bridgehead atoms. The minimum absolute atomic E-state index is 0.139. The normalized spacial score (nSPS) is 12.2. The van der Waals surface area contributed by atoms with Crippen molar-refractivity contribution >= 4 is 0 Å². The molecule has 3 N–H and O–H groups in total. The number of benzene rings is 2. The van der Waals surface area contributed by atoms with Gasteiger partial charge in [0.2, 0.25) is 0 Å². The van der Waals surface area contributed by atoms with E-state index >= 15 is 0 Å². The highest BCUT2D eigenvalue weighted by atomic mass is 16.5. The molecule has 0 aliphatic heterocycles. The molecule has 2 aromatic carbocycles.